The van der Waals surface area contributed by atoms with Gasteiger partial charge in [0.15, 0.2) is 11.4 Å². The van der Waals surface area contributed by atoms with Crippen LogP contribution >= 0.6 is 0 Å². The van der Waals surface area contributed by atoms with Crippen molar-refractivity contribution >= 4 is 11.8 Å². The van der Waals surface area contributed by atoms with Crippen molar-refractivity contribution in [3.63, 3.8) is 0 Å². The molecule has 1 fully saturated rings. The van der Waals surface area contributed by atoms with Gasteiger partial charge in [0.1, 0.15) is 23.3 Å². The number of carbonyl (C=O) groups is 2. The van der Waals surface area contributed by atoms with Gasteiger partial charge in [-0.15, -0.1) is 0 Å². The molecule has 208 valence electrons. The molecule has 1 atom stereocenters. The monoisotopic (exact) mass is 540 g/mol. The lowest BCUT2D eigenvalue weighted by Crippen LogP contribution is -2.65. The van der Waals surface area contributed by atoms with Gasteiger partial charge in [-0.2, -0.15) is 0 Å². The maximum absolute atomic E-state index is 13.9. The number of pyridine rings is 1. The number of nitrogens with one attached hydrogen (secondary N) is 1. The van der Waals surface area contributed by atoms with E-state index in [0.717, 1.165) is 32.1 Å². The number of hydrogen-bond acceptors (Lipinski definition) is 7. The molecule has 39 heavy (non-hydrogen) atoms. The van der Waals surface area contributed by atoms with Crippen LogP contribution in [0, 0.1) is 5.82 Å². The Balaban J connectivity index is 1.50. The van der Waals surface area contributed by atoms with Gasteiger partial charge in [0.2, 0.25) is 5.43 Å². The Bertz CT molecular complexity index is 1330. The number of amides is 2. The summed E-state index contributed by atoms with van der Waals surface area (Å²) in [5, 5.41) is 15.4. The molecule has 4 heterocycles. The van der Waals surface area contributed by atoms with Gasteiger partial charge in [-0.1, -0.05) is 31.1 Å². The Morgan fingerprint density at radius 1 is 1.00 bits per heavy atom. The Morgan fingerprint density at radius 3 is 2.69 bits per heavy atom. The molecule has 1 aromatic heterocycles. The van der Waals surface area contributed by atoms with Crippen LogP contribution in [0.1, 0.15) is 64.9 Å². The summed E-state index contributed by atoms with van der Waals surface area (Å²) in [4.78, 5) is 41.2. The fourth-order valence-corrected chi connectivity index (χ4v) is 5.21. The summed E-state index contributed by atoms with van der Waals surface area (Å²) in [6, 6.07) is 4.05. The van der Waals surface area contributed by atoms with Crippen LogP contribution in [0.5, 0.6) is 11.5 Å². The minimum Gasteiger partial charge on any atom is -0.502 e. The minimum atomic E-state index is -0.928. The molecular weight excluding hydrogens is 507 g/mol. The highest BCUT2D eigenvalue weighted by atomic mass is 19.1. The molecule has 0 saturated carbocycles. The number of aromatic hydroxyl groups is 1. The number of ether oxygens (including phenoxy) is 2. The molecule has 0 spiro atoms. The Morgan fingerprint density at radius 2 is 1.82 bits per heavy atom. The van der Waals surface area contributed by atoms with Gasteiger partial charge in [-0.3, -0.25) is 24.1 Å². The van der Waals surface area contributed by atoms with E-state index in [1.165, 1.54) is 29.1 Å². The highest BCUT2D eigenvalue weighted by Gasteiger charge is 2.42. The maximum Gasteiger partial charge on any atom is 0.278 e. The Hall–Kier alpha value is -3.86. The highest BCUT2D eigenvalue weighted by Crippen LogP contribution is 2.27. The van der Waals surface area contributed by atoms with Crippen LogP contribution in [0.25, 0.3) is 0 Å². The number of carbonyl (C=O) groups excluding carboxylic acids is 2. The summed E-state index contributed by atoms with van der Waals surface area (Å²) in [5.41, 5.74) is -0.847. The van der Waals surface area contributed by atoms with Crippen molar-refractivity contribution in [3.05, 3.63) is 69.4 Å². The number of aromatic nitrogens is 1. The molecule has 2 bridgehead atoms. The smallest absolute Gasteiger partial charge is 0.278 e. The predicted molar refractivity (Wildman–Crippen MR) is 141 cm³/mol. The number of morpholine rings is 1. The van der Waals surface area contributed by atoms with Crippen LogP contribution < -0.4 is 20.5 Å². The molecule has 11 heteroatoms. The topological polar surface area (TPSA) is 113 Å². The van der Waals surface area contributed by atoms with E-state index in [2.05, 4.69) is 11.4 Å². The van der Waals surface area contributed by atoms with Gasteiger partial charge in [-0.25, -0.2) is 4.39 Å². The summed E-state index contributed by atoms with van der Waals surface area (Å²) in [6.07, 6.45) is 10.5. The summed E-state index contributed by atoms with van der Waals surface area (Å²) in [5.74, 6) is -2.13. The standard InChI is InChI=1S/C28H33FN4O6/c29-20-10-9-19-16-30-27(36)21-17-33-24(26(35)25(21)34)28(37)31-12-14-38-18-23(31)32(33)11-7-5-3-1-2-4-6-8-13-39-22(19)15-20/h4,6,9-10,15,17,23,35H,1-3,5,7-8,11-14,16,18H2,(H,30,36)/b6-4+/t23-/m1/s1. The molecule has 0 aliphatic carbocycles. The molecule has 2 aromatic rings. The van der Waals surface area contributed by atoms with Crippen molar-refractivity contribution in [3.8, 4) is 11.5 Å². The van der Waals surface area contributed by atoms with Crippen LogP contribution in [0.4, 0.5) is 4.39 Å². The normalized spacial score (nSPS) is 21.7. The third kappa shape index (κ3) is 5.63. The first kappa shape index (κ1) is 26.7. The van der Waals surface area contributed by atoms with E-state index < -0.39 is 35.0 Å². The number of fused-ring (bicyclic) bond motifs is 4. The Kier molecular flexibility index (Phi) is 8.16. The second-order valence-electron chi connectivity index (χ2n) is 9.88. The van der Waals surface area contributed by atoms with Crippen LogP contribution in [0.15, 0.2) is 41.3 Å². The maximum atomic E-state index is 13.9. The third-order valence-corrected chi connectivity index (χ3v) is 7.28. The molecule has 5 rings (SSSR count). The number of nitrogens with zero attached hydrogens (tertiary/aromatic N) is 3. The first-order valence-electron chi connectivity index (χ1n) is 13.4. The third-order valence-electron chi connectivity index (χ3n) is 7.28. The predicted octanol–water partition coefficient (Wildman–Crippen LogP) is 2.66. The molecule has 1 aromatic carbocycles. The van der Waals surface area contributed by atoms with Gasteiger partial charge in [0.25, 0.3) is 11.8 Å². The minimum absolute atomic E-state index is 0.0286. The van der Waals surface area contributed by atoms with Gasteiger partial charge in [-0.05, 0) is 31.7 Å². The molecule has 2 N–H and O–H groups in total. The van der Waals surface area contributed by atoms with Crippen molar-refractivity contribution in [2.24, 2.45) is 0 Å². The van der Waals surface area contributed by atoms with E-state index in [9.17, 15) is 23.9 Å². The van der Waals surface area contributed by atoms with Crippen molar-refractivity contribution in [1.82, 2.24) is 14.9 Å². The lowest BCUT2D eigenvalue weighted by atomic mass is 10.1. The largest absolute Gasteiger partial charge is 0.502 e. The van der Waals surface area contributed by atoms with Crippen molar-refractivity contribution in [1.29, 1.82) is 0 Å². The lowest BCUT2D eigenvalue weighted by Gasteiger charge is -2.48. The van der Waals surface area contributed by atoms with E-state index >= 15 is 0 Å². The SMILES string of the molecule is O=C1NCc2ccc(F)cc2OCC/C=C/CCCCCCN2[C@@H]3COCCN3C(=O)c3c(O)c(=O)c1cn32. The summed E-state index contributed by atoms with van der Waals surface area (Å²) in [7, 11) is 0. The quantitative estimate of drug-likeness (QED) is 0.494. The van der Waals surface area contributed by atoms with E-state index in [-0.39, 0.29) is 24.4 Å². The lowest BCUT2D eigenvalue weighted by molar-refractivity contribution is -0.0173. The first-order chi connectivity index (χ1) is 19.0. The highest BCUT2D eigenvalue weighted by molar-refractivity contribution is 5.99. The van der Waals surface area contributed by atoms with Crippen LogP contribution in [0.3, 0.4) is 0 Å². The molecule has 3 aliphatic heterocycles. The molecule has 10 nitrogen and oxygen atoms in total. The van der Waals surface area contributed by atoms with Crippen molar-refractivity contribution < 1.29 is 28.6 Å². The number of allylic oxidation sites excluding steroid dienone is 1. The summed E-state index contributed by atoms with van der Waals surface area (Å²) < 4.78 is 26.8. The second-order valence-corrected chi connectivity index (χ2v) is 9.88. The first-order valence-corrected chi connectivity index (χ1v) is 13.4. The molecule has 0 radical (unpaired) electrons. The zero-order chi connectivity index (χ0) is 27.4. The van der Waals surface area contributed by atoms with Crippen LogP contribution in [-0.2, 0) is 11.3 Å². The number of rotatable bonds is 0. The second kappa shape index (κ2) is 11.9. The molecule has 1 saturated heterocycles. The zero-order valence-electron chi connectivity index (χ0n) is 21.7. The van der Waals surface area contributed by atoms with Gasteiger partial charge >= 0.3 is 0 Å². The van der Waals surface area contributed by atoms with Gasteiger partial charge in [0.05, 0.1) is 19.8 Å². The number of benzene rings is 1. The average Bonchev–Trinajstić information content (AvgIpc) is 2.93. The summed E-state index contributed by atoms with van der Waals surface area (Å²) in [6.45, 7) is 1.85. The van der Waals surface area contributed by atoms with E-state index in [1.54, 1.807) is 4.90 Å². The van der Waals surface area contributed by atoms with E-state index in [0.29, 0.717) is 44.0 Å². The van der Waals surface area contributed by atoms with Gasteiger partial charge in [0, 0.05) is 37.5 Å². The zero-order valence-corrected chi connectivity index (χ0v) is 21.7. The number of halogens is 1. The average molecular weight is 541 g/mol. The van der Waals surface area contributed by atoms with E-state index in [4.69, 9.17) is 9.47 Å². The van der Waals surface area contributed by atoms with Crippen molar-refractivity contribution in [2.45, 2.75) is 51.2 Å². The van der Waals surface area contributed by atoms with Gasteiger partial charge < -0.3 is 24.8 Å². The molecule has 3 aliphatic rings. The van der Waals surface area contributed by atoms with Crippen LogP contribution in [-0.4, -0.2) is 65.6 Å². The molecule has 2 amide bonds. The van der Waals surface area contributed by atoms with E-state index in [1.807, 2.05) is 11.1 Å². The molecular formula is C28H33FN4O6. The summed E-state index contributed by atoms with van der Waals surface area (Å²) >= 11 is 0. The fourth-order valence-electron chi connectivity index (χ4n) is 5.21. The number of hydrogen-bond donors (Lipinski definition) is 2. The molecule has 0 unspecified atom stereocenters. The van der Waals surface area contributed by atoms with Crippen molar-refractivity contribution in [2.75, 3.05) is 37.9 Å². The Labute approximate surface area is 225 Å². The fraction of sp³-hybridized carbons (Fsp3) is 0.464. The van der Waals surface area contributed by atoms with Crippen LogP contribution in [0.2, 0.25) is 0 Å².